The third-order valence-corrected chi connectivity index (χ3v) is 5.54. The summed E-state index contributed by atoms with van der Waals surface area (Å²) in [5, 5.41) is 4.73. The van der Waals surface area contributed by atoms with Gasteiger partial charge in [0.05, 0.1) is 12.8 Å². The second-order valence-electron chi connectivity index (χ2n) is 6.76. The van der Waals surface area contributed by atoms with Gasteiger partial charge in [0, 0.05) is 22.1 Å². The molecule has 0 heterocycles. The molecular weight excluding hydrogens is 444 g/mol. The minimum Gasteiger partial charge on any atom is -0.490 e. The van der Waals surface area contributed by atoms with Gasteiger partial charge in [0.25, 0.3) is 0 Å². The first-order valence-corrected chi connectivity index (χ1v) is 11.6. The van der Waals surface area contributed by atoms with Crippen molar-refractivity contribution in [3.63, 3.8) is 0 Å². The van der Waals surface area contributed by atoms with E-state index in [1.807, 2.05) is 79.7 Å². The quantitative estimate of drug-likeness (QED) is 0.214. The topological polar surface area (TPSA) is 59.9 Å². The van der Waals surface area contributed by atoms with Gasteiger partial charge >= 0.3 is 0 Å². The highest BCUT2D eigenvalue weighted by molar-refractivity contribution is 7.99. The van der Waals surface area contributed by atoms with Crippen molar-refractivity contribution < 1.29 is 14.3 Å². The fraction of sp³-hybridized carbons (Fsp3) is 0.200. The van der Waals surface area contributed by atoms with E-state index in [-0.39, 0.29) is 5.91 Å². The van der Waals surface area contributed by atoms with Gasteiger partial charge in [-0.05, 0) is 60.5 Å². The predicted molar refractivity (Wildman–Crippen MR) is 131 cm³/mol. The van der Waals surface area contributed by atoms with Crippen LogP contribution in [-0.2, 0) is 11.4 Å². The van der Waals surface area contributed by atoms with Gasteiger partial charge < -0.3 is 9.47 Å². The molecule has 3 rings (SSSR count). The third kappa shape index (κ3) is 7.94. The number of rotatable bonds is 11. The van der Waals surface area contributed by atoms with E-state index in [9.17, 15) is 4.79 Å². The Balaban J connectivity index is 1.51. The highest BCUT2D eigenvalue weighted by Gasteiger charge is 2.07. The van der Waals surface area contributed by atoms with Crippen LogP contribution < -0.4 is 14.9 Å². The van der Waals surface area contributed by atoms with E-state index >= 15 is 0 Å². The van der Waals surface area contributed by atoms with Crippen molar-refractivity contribution in [3.05, 3.63) is 88.9 Å². The number of ether oxygens (including phenoxy) is 2. The molecule has 166 valence electrons. The first kappa shape index (κ1) is 23.7. The normalized spacial score (nSPS) is 10.8. The standard InChI is InChI=1S/C25H25ClN2O3S/c1-2-30-24-16-19(11-12-23(24)31-18-20-7-6-8-21(26)15-20)17-27-28-25(29)13-14-32-22-9-4-3-5-10-22/h3-12,15-17H,2,13-14,18H2,1H3,(H,28,29)/b27-17+. The summed E-state index contributed by atoms with van der Waals surface area (Å²) in [5.74, 6) is 1.81. The first-order chi connectivity index (χ1) is 15.6. The molecule has 0 saturated carbocycles. The molecule has 1 amide bonds. The predicted octanol–water partition coefficient (Wildman–Crippen LogP) is 5.95. The molecule has 0 aromatic heterocycles. The van der Waals surface area contributed by atoms with Crippen molar-refractivity contribution >= 4 is 35.5 Å². The monoisotopic (exact) mass is 468 g/mol. The van der Waals surface area contributed by atoms with E-state index in [2.05, 4.69) is 10.5 Å². The fourth-order valence-corrected chi connectivity index (χ4v) is 3.88. The molecule has 0 saturated heterocycles. The number of halogens is 1. The van der Waals surface area contributed by atoms with Gasteiger partial charge in [-0.1, -0.05) is 41.9 Å². The summed E-state index contributed by atoms with van der Waals surface area (Å²) in [6.07, 6.45) is 1.98. The van der Waals surface area contributed by atoms with Crippen LogP contribution in [0.5, 0.6) is 11.5 Å². The molecule has 7 heteroatoms. The van der Waals surface area contributed by atoms with E-state index in [0.717, 1.165) is 16.0 Å². The molecule has 32 heavy (non-hydrogen) atoms. The van der Waals surface area contributed by atoms with Gasteiger partial charge in [-0.2, -0.15) is 5.10 Å². The Kier molecular flexibility index (Phi) is 9.47. The number of thioether (sulfide) groups is 1. The van der Waals surface area contributed by atoms with Crippen molar-refractivity contribution in [1.29, 1.82) is 0 Å². The van der Waals surface area contributed by atoms with Crippen LogP contribution in [0.25, 0.3) is 0 Å². The maximum Gasteiger partial charge on any atom is 0.240 e. The lowest BCUT2D eigenvalue weighted by atomic mass is 10.2. The zero-order valence-electron chi connectivity index (χ0n) is 17.8. The summed E-state index contributed by atoms with van der Waals surface area (Å²) in [5.41, 5.74) is 4.33. The second kappa shape index (κ2) is 12.8. The summed E-state index contributed by atoms with van der Waals surface area (Å²) in [7, 11) is 0. The van der Waals surface area contributed by atoms with Gasteiger partial charge in [0.1, 0.15) is 6.61 Å². The molecule has 0 bridgehead atoms. The zero-order chi connectivity index (χ0) is 22.6. The van der Waals surface area contributed by atoms with Crippen molar-refractivity contribution in [3.8, 4) is 11.5 Å². The van der Waals surface area contributed by atoms with Crippen molar-refractivity contribution in [2.75, 3.05) is 12.4 Å². The summed E-state index contributed by atoms with van der Waals surface area (Å²) in [6.45, 7) is 2.80. The maximum absolute atomic E-state index is 12.0. The van der Waals surface area contributed by atoms with Crippen LogP contribution in [0.3, 0.4) is 0 Å². The van der Waals surface area contributed by atoms with E-state index in [0.29, 0.717) is 41.9 Å². The number of carbonyl (C=O) groups is 1. The fourth-order valence-electron chi connectivity index (χ4n) is 2.79. The molecule has 0 aliphatic heterocycles. The Morgan fingerprint density at radius 1 is 1.03 bits per heavy atom. The molecule has 0 aliphatic rings. The average Bonchev–Trinajstić information content (AvgIpc) is 2.79. The van der Waals surface area contributed by atoms with Crippen molar-refractivity contribution in [1.82, 2.24) is 5.43 Å². The van der Waals surface area contributed by atoms with Gasteiger partial charge in [-0.15, -0.1) is 11.8 Å². The SMILES string of the molecule is CCOc1cc(/C=N/NC(=O)CCSc2ccccc2)ccc1OCc1cccc(Cl)c1. The van der Waals surface area contributed by atoms with Gasteiger partial charge in [0.15, 0.2) is 11.5 Å². The molecule has 1 N–H and O–H groups in total. The molecular formula is C25H25ClN2O3S. The lowest BCUT2D eigenvalue weighted by molar-refractivity contribution is -0.120. The average molecular weight is 469 g/mol. The Bertz CT molecular complexity index is 1040. The molecule has 0 aliphatic carbocycles. The molecule has 0 unspecified atom stereocenters. The minimum atomic E-state index is -0.129. The van der Waals surface area contributed by atoms with Crippen molar-refractivity contribution in [2.24, 2.45) is 5.10 Å². The van der Waals surface area contributed by atoms with E-state index in [1.165, 1.54) is 0 Å². The Morgan fingerprint density at radius 2 is 1.88 bits per heavy atom. The Hall–Kier alpha value is -2.96. The summed E-state index contributed by atoms with van der Waals surface area (Å²) in [4.78, 5) is 13.1. The number of hydrazone groups is 1. The number of nitrogens with zero attached hydrogens (tertiary/aromatic N) is 1. The number of hydrogen-bond acceptors (Lipinski definition) is 5. The van der Waals surface area contributed by atoms with Gasteiger partial charge in [-0.25, -0.2) is 5.43 Å². The van der Waals surface area contributed by atoms with Gasteiger partial charge in [0.2, 0.25) is 5.91 Å². The number of hydrogen-bond donors (Lipinski definition) is 1. The number of nitrogens with one attached hydrogen (secondary N) is 1. The van der Waals surface area contributed by atoms with Gasteiger partial charge in [-0.3, -0.25) is 4.79 Å². The smallest absolute Gasteiger partial charge is 0.240 e. The van der Waals surface area contributed by atoms with Crippen LogP contribution in [0.4, 0.5) is 0 Å². The maximum atomic E-state index is 12.0. The van der Waals surface area contributed by atoms with Crippen LogP contribution >= 0.6 is 23.4 Å². The third-order valence-electron chi connectivity index (χ3n) is 4.29. The summed E-state index contributed by atoms with van der Waals surface area (Å²) < 4.78 is 11.6. The number of amides is 1. The molecule has 3 aromatic rings. The highest BCUT2D eigenvalue weighted by Crippen LogP contribution is 2.29. The van der Waals surface area contributed by atoms with Crippen LogP contribution in [-0.4, -0.2) is 24.5 Å². The van der Waals surface area contributed by atoms with Crippen molar-refractivity contribution in [2.45, 2.75) is 24.8 Å². The lowest BCUT2D eigenvalue weighted by Gasteiger charge is -2.12. The lowest BCUT2D eigenvalue weighted by Crippen LogP contribution is -2.17. The zero-order valence-corrected chi connectivity index (χ0v) is 19.4. The largest absolute Gasteiger partial charge is 0.490 e. The molecule has 0 fully saturated rings. The van der Waals surface area contributed by atoms with E-state index in [1.54, 1.807) is 18.0 Å². The Labute approximate surface area is 197 Å². The number of benzene rings is 3. The molecule has 3 aromatic carbocycles. The van der Waals surface area contributed by atoms with Crippen LogP contribution in [0.15, 0.2) is 82.8 Å². The molecule has 0 spiro atoms. The van der Waals surface area contributed by atoms with Crippen LogP contribution in [0.1, 0.15) is 24.5 Å². The molecule has 5 nitrogen and oxygen atoms in total. The molecule has 0 radical (unpaired) electrons. The summed E-state index contributed by atoms with van der Waals surface area (Å²) in [6, 6.07) is 23.0. The van der Waals surface area contributed by atoms with Crippen LogP contribution in [0.2, 0.25) is 5.02 Å². The van der Waals surface area contributed by atoms with E-state index in [4.69, 9.17) is 21.1 Å². The summed E-state index contributed by atoms with van der Waals surface area (Å²) >= 11 is 7.67. The van der Waals surface area contributed by atoms with Crippen LogP contribution in [0, 0.1) is 0 Å². The Morgan fingerprint density at radius 3 is 2.66 bits per heavy atom. The van der Waals surface area contributed by atoms with E-state index < -0.39 is 0 Å². The first-order valence-electron chi connectivity index (χ1n) is 10.3. The minimum absolute atomic E-state index is 0.129. The number of carbonyl (C=O) groups excluding carboxylic acids is 1. The highest BCUT2D eigenvalue weighted by atomic mass is 35.5. The second-order valence-corrected chi connectivity index (χ2v) is 8.37. The molecule has 0 atom stereocenters.